The molecular weight excluding hydrogens is 154 g/mol. The number of hydrogen-bond donors (Lipinski definition) is 1. The highest BCUT2D eigenvalue weighted by atomic mass is 16.3. The minimum atomic E-state index is -0.0365. The number of pyridine rings is 1. The summed E-state index contributed by atoms with van der Waals surface area (Å²) in [7, 11) is 1.88. The van der Waals surface area contributed by atoms with Crippen molar-refractivity contribution in [1.29, 1.82) is 0 Å². The Bertz CT molecular complexity index is 408. The Morgan fingerprint density at radius 3 is 3.08 bits per heavy atom. The molecule has 0 aromatic carbocycles. The average Bonchev–Trinajstić information content (AvgIpc) is 2.44. The van der Waals surface area contributed by atoms with Crippen LogP contribution >= 0.6 is 0 Å². The lowest BCUT2D eigenvalue weighted by atomic mass is 10.4. The van der Waals surface area contributed by atoms with Gasteiger partial charge in [0.2, 0.25) is 0 Å². The molecular formula is C8H9N3O. The van der Waals surface area contributed by atoms with Gasteiger partial charge in [-0.05, 0) is 6.07 Å². The summed E-state index contributed by atoms with van der Waals surface area (Å²) in [6, 6.07) is 1.88. The molecule has 4 nitrogen and oxygen atoms in total. The molecule has 0 saturated carbocycles. The first-order valence-electron chi connectivity index (χ1n) is 3.69. The van der Waals surface area contributed by atoms with Crippen LogP contribution < -0.4 is 0 Å². The number of aliphatic hydroxyl groups is 1. The van der Waals surface area contributed by atoms with E-state index in [0.717, 1.165) is 11.0 Å². The van der Waals surface area contributed by atoms with Gasteiger partial charge in [-0.25, -0.2) is 4.98 Å². The highest BCUT2D eigenvalue weighted by molar-refractivity contribution is 5.74. The van der Waals surface area contributed by atoms with E-state index in [1.165, 1.54) is 0 Å². The van der Waals surface area contributed by atoms with Crippen LogP contribution in [0.4, 0.5) is 0 Å². The van der Waals surface area contributed by atoms with Gasteiger partial charge in [0.1, 0.15) is 17.9 Å². The first-order valence-corrected chi connectivity index (χ1v) is 3.69. The van der Waals surface area contributed by atoms with E-state index in [-0.39, 0.29) is 6.61 Å². The third kappa shape index (κ3) is 0.887. The van der Waals surface area contributed by atoms with E-state index in [4.69, 9.17) is 5.11 Å². The quantitative estimate of drug-likeness (QED) is 0.664. The van der Waals surface area contributed by atoms with Crippen LogP contribution in [0.3, 0.4) is 0 Å². The molecule has 0 fully saturated rings. The Morgan fingerprint density at radius 2 is 2.42 bits per heavy atom. The number of hydrogen-bond acceptors (Lipinski definition) is 3. The van der Waals surface area contributed by atoms with Crippen LogP contribution in [0.1, 0.15) is 5.82 Å². The van der Waals surface area contributed by atoms with Crippen LogP contribution in [0.15, 0.2) is 18.5 Å². The maximum Gasteiger partial charge on any atom is 0.135 e. The zero-order valence-corrected chi connectivity index (χ0v) is 6.73. The molecule has 2 heterocycles. The summed E-state index contributed by atoms with van der Waals surface area (Å²) in [4.78, 5) is 8.13. The van der Waals surface area contributed by atoms with E-state index in [2.05, 4.69) is 9.97 Å². The van der Waals surface area contributed by atoms with E-state index < -0.39 is 0 Å². The second-order valence-electron chi connectivity index (χ2n) is 2.61. The fourth-order valence-electron chi connectivity index (χ4n) is 1.24. The van der Waals surface area contributed by atoms with Crippen LogP contribution in [0.25, 0.3) is 11.0 Å². The minimum Gasteiger partial charge on any atom is -0.388 e. The number of aromatic nitrogens is 3. The fraction of sp³-hybridized carbons (Fsp3) is 0.250. The van der Waals surface area contributed by atoms with Crippen LogP contribution in [0.2, 0.25) is 0 Å². The van der Waals surface area contributed by atoms with Gasteiger partial charge in [0.05, 0.1) is 11.7 Å². The molecule has 0 amide bonds. The van der Waals surface area contributed by atoms with Gasteiger partial charge in [-0.1, -0.05) is 0 Å². The van der Waals surface area contributed by atoms with Gasteiger partial charge in [0.15, 0.2) is 0 Å². The van der Waals surface area contributed by atoms with Crippen molar-refractivity contribution < 1.29 is 5.11 Å². The molecule has 0 unspecified atom stereocenters. The number of rotatable bonds is 1. The third-order valence-electron chi connectivity index (χ3n) is 1.92. The summed E-state index contributed by atoms with van der Waals surface area (Å²) >= 11 is 0. The van der Waals surface area contributed by atoms with Gasteiger partial charge < -0.3 is 9.67 Å². The van der Waals surface area contributed by atoms with Crippen LogP contribution in [0.5, 0.6) is 0 Å². The largest absolute Gasteiger partial charge is 0.388 e. The van der Waals surface area contributed by atoms with Crippen molar-refractivity contribution in [2.45, 2.75) is 6.61 Å². The Morgan fingerprint density at radius 1 is 1.58 bits per heavy atom. The molecule has 62 valence electrons. The lowest BCUT2D eigenvalue weighted by Crippen LogP contribution is -1.96. The topological polar surface area (TPSA) is 50.9 Å². The van der Waals surface area contributed by atoms with Crippen LogP contribution in [-0.4, -0.2) is 19.6 Å². The number of aliphatic hydroxyl groups excluding tert-OH is 1. The van der Waals surface area contributed by atoms with Gasteiger partial charge in [-0.3, -0.25) is 4.98 Å². The van der Waals surface area contributed by atoms with Gasteiger partial charge >= 0.3 is 0 Å². The third-order valence-corrected chi connectivity index (χ3v) is 1.92. The first-order chi connectivity index (χ1) is 5.83. The lowest BCUT2D eigenvalue weighted by Gasteiger charge is -1.96. The van der Waals surface area contributed by atoms with Crippen LogP contribution in [0, 0.1) is 0 Å². The Balaban J connectivity index is 2.78. The highest BCUT2D eigenvalue weighted by Crippen LogP contribution is 2.12. The average molecular weight is 163 g/mol. The number of fused-ring (bicyclic) bond motifs is 1. The van der Waals surface area contributed by atoms with E-state index in [0.29, 0.717) is 5.82 Å². The van der Waals surface area contributed by atoms with E-state index in [1.54, 1.807) is 12.4 Å². The predicted octanol–water partition coefficient (Wildman–Crippen LogP) is 0.461. The zero-order chi connectivity index (χ0) is 8.55. The summed E-state index contributed by atoms with van der Waals surface area (Å²) in [5.74, 6) is 0.665. The predicted molar refractivity (Wildman–Crippen MR) is 44.4 cm³/mol. The second kappa shape index (κ2) is 2.57. The SMILES string of the molecule is Cn1c(CO)nc2cnccc21. The van der Waals surface area contributed by atoms with Gasteiger partial charge in [0.25, 0.3) is 0 Å². The second-order valence-corrected chi connectivity index (χ2v) is 2.61. The molecule has 2 rings (SSSR count). The standard InChI is InChI=1S/C8H9N3O/c1-11-7-2-3-9-4-6(7)10-8(11)5-12/h2-4,12H,5H2,1H3. The molecule has 0 aliphatic heterocycles. The first kappa shape index (κ1) is 7.24. The smallest absolute Gasteiger partial charge is 0.135 e. The minimum absolute atomic E-state index is 0.0365. The van der Waals surface area contributed by atoms with Crippen molar-refractivity contribution >= 4 is 11.0 Å². The van der Waals surface area contributed by atoms with Crippen molar-refractivity contribution in [3.63, 3.8) is 0 Å². The maximum atomic E-state index is 8.92. The molecule has 0 radical (unpaired) electrons. The van der Waals surface area contributed by atoms with Crippen LogP contribution in [-0.2, 0) is 13.7 Å². The summed E-state index contributed by atoms with van der Waals surface area (Å²) in [6.45, 7) is -0.0365. The number of nitrogens with zero attached hydrogens (tertiary/aromatic N) is 3. The molecule has 2 aromatic rings. The summed E-state index contributed by atoms with van der Waals surface area (Å²) in [5, 5.41) is 8.92. The molecule has 0 saturated heterocycles. The van der Waals surface area contributed by atoms with Crippen molar-refractivity contribution in [2.24, 2.45) is 7.05 Å². The fourth-order valence-corrected chi connectivity index (χ4v) is 1.24. The zero-order valence-electron chi connectivity index (χ0n) is 6.73. The monoisotopic (exact) mass is 163 g/mol. The molecule has 0 aliphatic rings. The van der Waals surface area contributed by atoms with E-state index >= 15 is 0 Å². The maximum absolute atomic E-state index is 8.92. The molecule has 4 heteroatoms. The van der Waals surface area contributed by atoms with Gasteiger partial charge in [-0.2, -0.15) is 0 Å². The van der Waals surface area contributed by atoms with Crippen molar-refractivity contribution in [1.82, 2.24) is 14.5 Å². The Kier molecular flexibility index (Phi) is 1.55. The highest BCUT2D eigenvalue weighted by Gasteiger charge is 2.04. The number of aryl methyl sites for hydroxylation is 1. The molecule has 0 bridgehead atoms. The van der Waals surface area contributed by atoms with Crippen molar-refractivity contribution in [2.75, 3.05) is 0 Å². The van der Waals surface area contributed by atoms with Gasteiger partial charge in [-0.15, -0.1) is 0 Å². The van der Waals surface area contributed by atoms with E-state index in [1.807, 2.05) is 17.7 Å². The molecule has 0 spiro atoms. The Hall–Kier alpha value is -1.42. The molecule has 12 heavy (non-hydrogen) atoms. The molecule has 0 atom stereocenters. The van der Waals surface area contributed by atoms with Crippen molar-refractivity contribution in [3.05, 3.63) is 24.3 Å². The molecule has 1 N–H and O–H groups in total. The van der Waals surface area contributed by atoms with Gasteiger partial charge in [0, 0.05) is 13.2 Å². The number of imidazole rings is 1. The Labute approximate surface area is 69.5 Å². The normalized spacial score (nSPS) is 10.8. The molecule has 2 aromatic heterocycles. The molecule has 0 aliphatic carbocycles. The van der Waals surface area contributed by atoms with Crippen molar-refractivity contribution in [3.8, 4) is 0 Å². The van der Waals surface area contributed by atoms with E-state index in [9.17, 15) is 0 Å². The summed E-state index contributed by atoms with van der Waals surface area (Å²) < 4.78 is 1.86. The summed E-state index contributed by atoms with van der Waals surface area (Å²) in [5.41, 5.74) is 1.82. The lowest BCUT2D eigenvalue weighted by molar-refractivity contribution is 0.268. The summed E-state index contributed by atoms with van der Waals surface area (Å²) in [6.07, 6.45) is 3.40.